The van der Waals surface area contributed by atoms with E-state index in [-0.39, 0.29) is 13.2 Å². The minimum Gasteiger partial charge on any atom is -0.449 e. The molecule has 0 aromatic heterocycles. The molecule has 0 spiro atoms. The van der Waals surface area contributed by atoms with Gasteiger partial charge in [-0.05, 0) is 43.2 Å². The second kappa shape index (κ2) is 8.38. The highest BCUT2D eigenvalue weighted by Gasteiger charge is 2.37. The van der Waals surface area contributed by atoms with Crippen LogP contribution in [0.3, 0.4) is 0 Å². The van der Waals surface area contributed by atoms with Crippen LogP contribution in [0.1, 0.15) is 26.3 Å². The predicted octanol–water partition coefficient (Wildman–Crippen LogP) is 4.36. The van der Waals surface area contributed by atoms with Crippen molar-refractivity contribution in [2.75, 3.05) is 13.2 Å². The lowest BCUT2D eigenvalue weighted by atomic mass is 9.90. The predicted molar refractivity (Wildman–Crippen MR) is 101 cm³/mol. The first-order valence-corrected chi connectivity index (χ1v) is 8.49. The number of fused-ring (bicyclic) bond motifs is 1. The Labute approximate surface area is 153 Å². The minimum absolute atomic E-state index is 0.171. The summed E-state index contributed by atoms with van der Waals surface area (Å²) < 4.78 is 10.0. The minimum atomic E-state index is -1.04. The summed E-state index contributed by atoms with van der Waals surface area (Å²) in [6.07, 6.45) is 0.144. The van der Waals surface area contributed by atoms with E-state index in [4.69, 9.17) is 9.47 Å². The number of hydrazine groups is 1. The Kier molecular flexibility index (Phi) is 6.22. The maximum Gasteiger partial charge on any atom is 0.429 e. The first kappa shape index (κ1) is 19.3. The van der Waals surface area contributed by atoms with E-state index in [9.17, 15) is 9.59 Å². The highest BCUT2D eigenvalue weighted by Crippen LogP contribution is 2.31. The van der Waals surface area contributed by atoms with Gasteiger partial charge in [-0.25, -0.2) is 20.0 Å². The number of hydrogen-bond acceptors (Lipinski definition) is 4. The van der Waals surface area contributed by atoms with Gasteiger partial charge in [-0.3, -0.25) is 0 Å². The van der Waals surface area contributed by atoms with E-state index in [0.29, 0.717) is 0 Å². The molecule has 2 aromatic carbocycles. The van der Waals surface area contributed by atoms with E-state index in [1.165, 1.54) is 0 Å². The fraction of sp³-hybridized carbons (Fsp3) is 0.300. The molecule has 2 aromatic rings. The molecule has 0 radical (unpaired) electrons. The Balaban J connectivity index is 2.49. The Morgan fingerprint density at radius 1 is 1.12 bits per heavy atom. The fourth-order valence-electron chi connectivity index (χ4n) is 2.64. The van der Waals surface area contributed by atoms with Gasteiger partial charge in [0.2, 0.25) is 0 Å². The molecule has 138 valence electrons. The van der Waals surface area contributed by atoms with Gasteiger partial charge >= 0.3 is 12.2 Å². The zero-order valence-electron chi connectivity index (χ0n) is 15.3. The van der Waals surface area contributed by atoms with Crippen molar-refractivity contribution in [1.29, 1.82) is 0 Å². The number of amides is 2. The highest BCUT2D eigenvalue weighted by molar-refractivity contribution is 5.84. The lowest BCUT2D eigenvalue weighted by Crippen LogP contribution is -2.56. The van der Waals surface area contributed by atoms with Gasteiger partial charge in [0, 0.05) is 0 Å². The van der Waals surface area contributed by atoms with Crippen molar-refractivity contribution in [2.45, 2.75) is 26.3 Å². The number of nitrogens with zero attached hydrogens (tertiary/aromatic N) is 1. The average Bonchev–Trinajstić information content (AvgIpc) is 2.65. The van der Waals surface area contributed by atoms with Crippen molar-refractivity contribution in [2.24, 2.45) is 0 Å². The molecule has 1 atom stereocenters. The number of rotatable bonds is 5. The summed E-state index contributed by atoms with van der Waals surface area (Å²) in [6, 6.07) is 13.7. The molecule has 0 heterocycles. The molecule has 0 fully saturated rings. The third-order valence-electron chi connectivity index (χ3n) is 4.12. The molecule has 0 saturated carbocycles. The van der Waals surface area contributed by atoms with Crippen molar-refractivity contribution in [3.63, 3.8) is 0 Å². The normalized spacial score (nSPS) is 12.7. The van der Waals surface area contributed by atoms with E-state index >= 15 is 0 Å². The van der Waals surface area contributed by atoms with Crippen LogP contribution < -0.4 is 5.43 Å². The van der Waals surface area contributed by atoms with Crippen molar-refractivity contribution >= 4 is 23.0 Å². The van der Waals surface area contributed by atoms with Crippen LogP contribution in [0.5, 0.6) is 0 Å². The van der Waals surface area contributed by atoms with Gasteiger partial charge in [-0.2, -0.15) is 0 Å². The lowest BCUT2D eigenvalue weighted by Gasteiger charge is -2.38. The molecule has 6 nitrogen and oxygen atoms in total. The van der Waals surface area contributed by atoms with E-state index < -0.39 is 17.7 Å². The summed E-state index contributed by atoms with van der Waals surface area (Å²) in [7, 11) is 0. The Morgan fingerprint density at radius 2 is 1.77 bits per heavy atom. The van der Waals surface area contributed by atoms with Crippen molar-refractivity contribution in [1.82, 2.24) is 10.4 Å². The fourth-order valence-corrected chi connectivity index (χ4v) is 2.64. The molecule has 26 heavy (non-hydrogen) atoms. The summed E-state index contributed by atoms with van der Waals surface area (Å²) in [5, 5.41) is 3.19. The van der Waals surface area contributed by atoms with Crippen LogP contribution in [-0.2, 0) is 15.0 Å². The van der Waals surface area contributed by atoms with Gasteiger partial charge < -0.3 is 9.47 Å². The van der Waals surface area contributed by atoms with E-state index in [1.54, 1.807) is 26.8 Å². The zero-order chi connectivity index (χ0) is 19.2. The molecule has 6 heteroatoms. The number of benzene rings is 2. The van der Waals surface area contributed by atoms with Gasteiger partial charge in [-0.1, -0.05) is 42.5 Å². The molecule has 1 N–H and O–H groups in total. The smallest absolute Gasteiger partial charge is 0.429 e. The number of nitrogens with one attached hydrogen (secondary N) is 1. The van der Waals surface area contributed by atoms with Crippen LogP contribution >= 0.6 is 0 Å². The Bertz CT molecular complexity index is 805. The first-order chi connectivity index (χ1) is 12.5. The molecule has 1 unspecified atom stereocenters. The Hall–Kier alpha value is -3.02. The molecule has 0 aliphatic carbocycles. The van der Waals surface area contributed by atoms with E-state index in [2.05, 4.69) is 12.0 Å². The van der Waals surface area contributed by atoms with Gasteiger partial charge in [-0.15, -0.1) is 6.58 Å². The molecular weight excluding hydrogens is 332 g/mol. The summed E-state index contributed by atoms with van der Waals surface area (Å²) in [5.41, 5.74) is 2.20. The van der Waals surface area contributed by atoms with Crippen LogP contribution in [0.2, 0.25) is 0 Å². The van der Waals surface area contributed by atoms with Crippen molar-refractivity contribution < 1.29 is 19.1 Å². The average molecular weight is 356 g/mol. The van der Waals surface area contributed by atoms with Crippen LogP contribution in [0.15, 0.2) is 55.1 Å². The highest BCUT2D eigenvalue weighted by atomic mass is 16.6. The summed E-state index contributed by atoms with van der Waals surface area (Å²) in [4.78, 5) is 24.5. The number of hydrogen-bond donors (Lipinski definition) is 1. The lowest BCUT2D eigenvalue weighted by molar-refractivity contribution is 0.0376. The van der Waals surface area contributed by atoms with Gasteiger partial charge in [0.15, 0.2) is 0 Å². The topological polar surface area (TPSA) is 67.9 Å². The standard InChI is InChI=1S/C20H24N2O4/c1-5-20(4,17-13-12-15-10-8-9-11-16(15)14-17)22(19(24)26-7-3)21-18(23)25-6-2/h5,8-14H,1,6-7H2,2-4H3,(H,21,23). The molecule has 2 rings (SSSR count). The molecular formula is C20H24N2O4. The molecule has 0 aliphatic heterocycles. The quantitative estimate of drug-likeness (QED) is 0.638. The monoisotopic (exact) mass is 356 g/mol. The summed E-state index contributed by atoms with van der Waals surface area (Å²) >= 11 is 0. The van der Waals surface area contributed by atoms with Crippen LogP contribution in [0.25, 0.3) is 10.8 Å². The van der Waals surface area contributed by atoms with E-state index in [0.717, 1.165) is 21.3 Å². The van der Waals surface area contributed by atoms with Crippen LogP contribution in [-0.4, -0.2) is 30.4 Å². The third-order valence-corrected chi connectivity index (χ3v) is 4.12. The number of ether oxygens (including phenoxy) is 2. The van der Waals surface area contributed by atoms with Gasteiger partial charge in [0.25, 0.3) is 0 Å². The molecule has 0 saturated heterocycles. The van der Waals surface area contributed by atoms with Crippen LogP contribution in [0.4, 0.5) is 9.59 Å². The van der Waals surface area contributed by atoms with E-state index in [1.807, 2.05) is 42.5 Å². The second-order valence-electron chi connectivity index (χ2n) is 5.78. The molecule has 2 amide bonds. The largest absolute Gasteiger partial charge is 0.449 e. The first-order valence-electron chi connectivity index (χ1n) is 8.49. The van der Waals surface area contributed by atoms with Gasteiger partial charge in [0.1, 0.15) is 5.54 Å². The maximum atomic E-state index is 12.5. The van der Waals surface area contributed by atoms with Gasteiger partial charge in [0.05, 0.1) is 13.2 Å². The molecule has 0 bridgehead atoms. The third kappa shape index (κ3) is 3.96. The summed E-state index contributed by atoms with van der Waals surface area (Å²) in [5.74, 6) is 0. The van der Waals surface area contributed by atoms with Crippen LogP contribution in [0, 0.1) is 0 Å². The number of carbonyl (C=O) groups excluding carboxylic acids is 2. The second-order valence-corrected chi connectivity index (χ2v) is 5.78. The summed E-state index contributed by atoms with van der Waals surface area (Å²) in [6.45, 7) is 9.37. The van der Waals surface area contributed by atoms with Crippen molar-refractivity contribution in [3.05, 3.63) is 60.7 Å². The SMILES string of the molecule is C=CC(C)(c1ccc2ccccc2c1)N(NC(=O)OCC)C(=O)OCC. The Morgan fingerprint density at radius 3 is 2.38 bits per heavy atom. The molecule has 0 aliphatic rings. The number of carbonyl (C=O) groups is 2. The maximum absolute atomic E-state index is 12.5. The van der Waals surface area contributed by atoms with Crippen molar-refractivity contribution in [3.8, 4) is 0 Å². The zero-order valence-corrected chi connectivity index (χ0v) is 15.3.